The normalized spacial score (nSPS) is 10.3. The van der Waals surface area contributed by atoms with E-state index >= 15 is 0 Å². The highest BCUT2D eigenvalue weighted by atomic mass is 17.5. The zero-order valence-electron chi connectivity index (χ0n) is 16.2. The molecule has 0 radical (unpaired) electrons. The van der Waals surface area contributed by atoms with Crippen LogP contribution in [0, 0.1) is 0 Å². The zero-order valence-corrected chi connectivity index (χ0v) is 16.2. The molecule has 1 aromatic carbocycles. The van der Waals surface area contributed by atoms with Gasteiger partial charge in [0.2, 0.25) is 0 Å². The van der Waals surface area contributed by atoms with Gasteiger partial charge in [-0.1, -0.05) is 51.9 Å². The van der Waals surface area contributed by atoms with Crippen LogP contribution in [-0.2, 0) is 19.6 Å². The third-order valence-electron chi connectivity index (χ3n) is 3.83. The number of ether oxygens (including phenoxy) is 2. The first kappa shape index (κ1) is 22.8. The summed E-state index contributed by atoms with van der Waals surface area (Å²) in [4.78, 5) is 31.6. The second-order valence-electron chi connectivity index (χ2n) is 6.05. The van der Waals surface area contributed by atoms with Gasteiger partial charge in [-0.05, 0) is 37.6 Å². The van der Waals surface area contributed by atoms with Crippen molar-refractivity contribution in [2.45, 2.75) is 65.2 Å². The number of hydrogen-bond acceptors (Lipinski definition) is 7. The molecule has 0 aliphatic heterocycles. The molecule has 1 aromatic rings. The molecule has 0 atom stereocenters. The van der Waals surface area contributed by atoms with Crippen molar-refractivity contribution in [1.29, 1.82) is 0 Å². The fourth-order valence-corrected chi connectivity index (χ4v) is 2.39. The minimum absolute atomic E-state index is 0.231. The Morgan fingerprint density at radius 1 is 0.815 bits per heavy atom. The molecule has 7 heteroatoms. The van der Waals surface area contributed by atoms with E-state index in [0.29, 0.717) is 12.4 Å². The van der Waals surface area contributed by atoms with Crippen LogP contribution in [0.3, 0.4) is 0 Å². The lowest BCUT2D eigenvalue weighted by molar-refractivity contribution is -0.452. The number of benzene rings is 1. The number of rotatable bonds is 14. The number of hydrogen-bond donors (Lipinski definition) is 0. The van der Waals surface area contributed by atoms with Gasteiger partial charge in [0.15, 0.2) is 0 Å². The molecule has 0 saturated carbocycles. The van der Waals surface area contributed by atoms with Gasteiger partial charge in [-0.3, -0.25) is 4.89 Å². The molecular formula is C20H30O7. The van der Waals surface area contributed by atoms with Crippen LogP contribution in [0.25, 0.3) is 0 Å². The van der Waals surface area contributed by atoms with E-state index in [-0.39, 0.29) is 12.2 Å². The van der Waals surface area contributed by atoms with Crippen molar-refractivity contribution < 1.29 is 33.9 Å². The first-order valence-electron chi connectivity index (χ1n) is 9.62. The van der Waals surface area contributed by atoms with Crippen molar-refractivity contribution in [2.75, 3.05) is 13.2 Å². The summed E-state index contributed by atoms with van der Waals surface area (Å²) in [6, 6.07) is 6.27. The second-order valence-corrected chi connectivity index (χ2v) is 6.05. The Kier molecular flexibility index (Phi) is 12.5. The van der Waals surface area contributed by atoms with E-state index in [4.69, 9.17) is 9.47 Å². The van der Waals surface area contributed by atoms with Crippen molar-refractivity contribution in [1.82, 2.24) is 0 Å². The van der Waals surface area contributed by atoms with Gasteiger partial charge < -0.3 is 9.47 Å². The summed E-state index contributed by atoms with van der Waals surface area (Å²) < 4.78 is 10.1. The van der Waals surface area contributed by atoms with E-state index in [9.17, 15) is 9.59 Å². The SMILES string of the molecule is CCCCCCCCCCOC(=O)OOOC(=O)c1ccc(OCC)cc1. The van der Waals surface area contributed by atoms with Crippen molar-refractivity contribution >= 4 is 12.1 Å². The third kappa shape index (κ3) is 11.1. The summed E-state index contributed by atoms with van der Waals surface area (Å²) >= 11 is 0. The Morgan fingerprint density at radius 2 is 1.44 bits per heavy atom. The van der Waals surface area contributed by atoms with Crippen molar-refractivity contribution in [3.63, 3.8) is 0 Å². The fraction of sp³-hybridized carbons (Fsp3) is 0.600. The van der Waals surface area contributed by atoms with Crippen LogP contribution in [0.4, 0.5) is 4.79 Å². The molecule has 0 aliphatic carbocycles. The fourth-order valence-electron chi connectivity index (χ4n) is 2.39. The van der Waals surface area contributed by atoms with E-state index in [2.05, 4.69) is 21.7 Å². The molecule has 0 aromatic heterocycles. The van der Waals surface area contributed by atoms with E-state index in [1.54, 1.807) is 12.1 Å². The summed E-state index contributed by atoms with van der Waals surface area (Å²) in [5.41, 5.74) is 0.231. The molecular weight excluding hydrogens is 352 g/mol. The van der Waals surface area contributed by atoms with Gasteiger partial charge in [0, 0.05) is 0 Å². The van der Waals surface area contributed by atoms with E-state index in [0.717, 1.165) is 19.3 Å². The van der Waals surface area contributed by atoms with Crippen LogP contribution in [0.2, 0.25) is 0 Å². The highest BCUT2D eigenvalue weighted by Crippen LogP contribution is 2.13. The van der Waals surface area contributed by atoms with Crippen molar-refractivity contribution in [3.05, 3.63) is 29.8 Å². The summed E-state index contributed by atoms with van der Waals surface area (Å²) in [6.07, 6.45) is 8.11. The monoisotopic (exact) mass is 382 g/mol. The smallest absolute Gasteiger partial charge is 0.494 e. The third-order valence-corrected chi connectivity index (χ3v) is 3.83. The van der Waals surface area contributed by atoms with E-state index in [1.807, 2.05) is 6.92 Å². The topological polar surface area (TPSA) is 80.3 Å². The Hall–Kier alpha value is -2.28. The largest absolute Gasteiger partial charge is 0.543 e. The molecule has 0 aliphatic rings. The van der Waals surface area contributed by atoms with Crippen LogP contribution in [0.5, 0.6) is 5.75 Å². The number of unbranched alkanes of at least 4 members (excludes halogenated alkanes) is 7. The predicted octanol–water partition coefficient (Wildman–Crippen LogP) is 5.38. The van der Waals surface area contributed by atoms with Crippen molar-refractivity contribution in [2.24, 2.45) is 0 Å². The number of carbonyl (C=O) groups is 2. The van der Waals surface area contributed by atoms with Crippen LogP contribution in [-0.4, -0.2) is 25.3 Å². The lowest BCUT2D eigenvalue weighted by Crippen LogP contribution is -2.12. The van der Waals surface area contributed by atoms with Crippen LogP contribution in [0.1, 0.15) is 75.6 Å². The minimum Gasteiger partial charge on any atom is -0.494 e. The highest BCUT2D eigenvalue weighted by Gasteiger charge is 2.12. The van der Waals surface area contributed by atoms with Gasteiger partial charge in [0.1, 0.15) is 5.75 Å². The van der Waals surface area contributed by atoms with Gasteiger partial charge in [-0.15, -0.1) is 0 Å². The van der Waals surface area contributed by atoms with Gasteiger partial charge in [-0.2, -0.15) is 0 Å². The summed E-state index contributed by atoms with van der Waals surface area (Å²) in [5, 5.41) is 4.17. The summed E-state index contributed by atoms with van der Waals surface area (Å²) in [6.45, 7) is 4.83. The van der Waals surface area contributed by atoms with E-state index < -0.39 is 12.1 Å². The molecule has 0 heterocycles. The quantitative estimate of drug-likeness (QED) is 0.185. The zero-order chi connectivity index (χ0) is 19.7. The Bertz CT molecular complexity index is 528. The van der Waals surface area contributed by atoms with Gasteiger partial charge in [0.05, 0.1) is 23.8 Å². The molecule has 27 heavy (non-hydrogen) atoms. The van der Waals surface area contributed by atoms with Crippen LogP contribution in [0.15, 0.2) is 24.3 Å². The maximum atomic E-state index is 11.7. The maximum Gasteiger partial charge on any atom is 0.543 e. The van der Waals surface area contributed by atoms with Gasteiger partial charge in [0.25, 0.3) is 0 Å². The summed E-state index contributed by atoms with van der Waals surface area (Å²) in [5.74, 6) is -0.162. The Labute approximate surface area is 160 Å². The first-order chi connectivity index (χ1) is 13.2. The van der Waals surface area contributed by atoms with E-state index in [1.165, 1.54) is 44.2 Å². The standard InChI is InChI=1S/C20H30O7/c1-3-5-6-7-8-9-10-11-16-24-20(22)26-27-25-19(21)17-12-14-18(15-13-17)23-4-2/h12-15H,3-11,16H2,1-2H3. The maximum absolute atomic E-state index is 11.7. The molecule has 0 N–H and O–H groups in total. The van der Waals surface area contributed by atoms with Crippen LogP contribution < -0.4 is 4.74 Å². The van der Waals surface area contributed by atoms with Gasteiger partial charge >= 0.3 is 12.1 Å². The lowest BCUT2D eigenvalue weighted by Gasteiger charge is -2.05. The minimum atomic E-state index is -1.04. The molecule has 152 valence electrons. The number of carbonyl (C=O) groups excluding carboxylic acids is 2. The molecule has 0 unspecified atom stereocenters. The molecule has 0 fully saturated rings. The first-order valence-corrected chi connectivity index (χ1v) is 9.62. The molecule has 0 spiro atoms. The molecule has 0 amide bonds. The predicted molar refractivity (Wildman–Crippen MR) is 99.2 cm³/mol. The van der Waals surface area contributed by atoms with Gasteiger partial charge in [-0.25, -0.2) is 14.5 Å². The van der Waals surface area contributed by atoms with Crippen molar-refractivity contribution in [3.8, 4) is 5.75 Å². The Morgan fingerprint density at radius 3 is 2.07 bits per heavy atom. The molecule has 0 saturated heterocycles. The Balaban J connectivity index is 2.03. The highest BCUT2D eigenvalue weighted by molar-refractivity contribution is 5.89. The lowest BCUT2D eigenvalue weighted by atomic mass is 10.1. The second kappa shape index (κ2) is 14.8. The average molecular weight is 382 g/mol. The summed E-state index contributed by atoms with van der Waals surface area (Å²) in [7, 11) is 0. The molecule has 0 bridgehead atoms. The van der Waals surface area contributed by atoms with Crippen LogP contribution >= 0.6 is 0 Å². The molecule has 7 nitrogen and oxygen atoms in total. The molecule has 1 rings (SSSR count). The average Bonchev–Trinajstić information content (AvgIpc) is 2.67.